The summed E-state index contributed by atoms with van der Waals surface area (Å²) in [7, 11) is 0. The molecule has 0 aromatic carbocycles. The average Bonchev–Trinajstić information content (AvgIpc) is 2.30. The number of piperidine rings is 1. The maximum atomic E-state index is 9.57. The van der Waals surface area contributed by atoms with E-state index in [2.05, 4.69) is 11.0 Å². The molecule has 1 spiro atoms. The molecule has 2 nitrogen and oxygen atoms in total. The summed E-state index contributed by atoms with van der Waals surface area (Å²) in [6, 6.07) is 0.608. The number of fused-ring (bicyclic) bond motifs is 1. The van der Waals surface area contributed by atoms with Gasteiger partial charge in [0.2, 0.25) is 0 Å². The first-order chi connectivity index (χ1) is 4.86. The number of hydrogen-bond acceptors (Lipinski definition) is 2. The molecular formula is C8H11NO. The van der Waals surface area contributed by atoms with Crippen LogP contribution in [0.15, 0.2) is 12.2 Å². The van der Waals surface area contributed by atoms with E-state index >= 15 is 0 Å². The molecule has 0 aromatic rings. The van der Waals surface area contributed by atoms with Gasteiger partial charge in [-0.25, -0.2) is 0 Å². The van der Waals surface area contributed by atoms with E-state index in [1.807, 2.05) is 6.08 Å². The van der Waals surface area contributed by atoms with E-state index in [1.165, 1.54) is 19.4 Å². The Bertz CT molecular complexity index is 209. The molecule has 0 amide bonds. The Morgan fingerprint density at radius 1 is 1.50 bits per heavy atom. The van der Waals surface area contributed by atoms with Crippen molar-refractivity contribution in [2.24, 2.45) is 0 Å². The first-order valence-electron chi connectivity index (χ1n) is 3.99. The lowest BCUT2D eigenvalue weighted by molar-refractivity contribution is 0.162. The Balaban J connectivity index is 2.02. The van der Waals surface area contributed by atoms with Crippen molar-refractivity contribution >= 4 is 0 Å². The van der Waals surface area contributed by atoms with Gasteiger partial charge in [-0.2, -0.15) is 0 Å². The van der Waals surface area contributed by atoms with Crippen LogP contribution >= 0.6 is 0 Å². The third kappa shape index (κ3) is 0.339. The van der Waals surface area contributed by atoms with Gasteiger partial charge in [-0.05, 0) is 19.4 Å². The van der Waals surface area contributed by atoms with Crippen molar-refractivity contribution in [3.05, 3.63) is 12.2 Å². The van der Waals surface area contributed by atoms with E-state index < -0.39 is 0 Å². The maximum absolute atomic E-state index is 9.57. The molecule has 4 atom stereocenters. The fourth-order valence-corrected chi connectivity index (χ4v) is 2.74. The van der Waals surface area contributed by atoms with Gasteiger partial charge >= 0.3 is 0 Å². The van der Waals surface area contributed by atoms with Crippen molar-refractivity contribution < 1.29 is 5.11 Å². The molecule has 10 heavy (non-hydrogen) atoms. The summed E-state index contributed by atoms with van der Waals surface area (Å²) >= 11 is 0. The molecule has 0 bridgehead atoms. The summed E-state index contributed by atoms with van der Waals surface area (Å²) in [6.45, 7) is 1.20. The van der Waals surface area contributed by atoms with E-state index in [0.29, 0.717) is 6.04 Å². The summed E-state index contributed by atoms with van der Waals surface area (Å²) in [5.41, 5.74) is 0.208. The van der Waals surface area contributed by atoms with E-state index in [1.54, 1.807) is 0 Å². The van der Waals surface area contributed by atoms with Crippen molar-refractivity contribution in [1.82, 2.24) is 4.90 Å². The third-order valence-corrected chi connectivity index (χ3v) is 3.28. The van der Waals surface area contributed by atoms with Crippen LogP contribution < -0.4 is 0 Å². The van der Waals surface area contributed by atoms with Crippen molar-refractivity contribution in [2.45, 2.75) is 30.5 Å². The van der Waals surface area contributed by atoms with E-state index in [4.69, 9.17) is 0 Å². The molecule has 2 fully saturated rings. The summed E-state index contributed by atoms with van der Waals surface area (Å²) in [5, 5.41) is 9.57. The Morgan fingerprint density at radius 2 is 2.40 bits per heavy atom. The zero-order chi connectivity index (χ0) is 6.77. The minimum absolute atomic E-state index is 0.167. The molecule has 3 rings (SSSR count). The van der Waals surface area contributed by atoms with Crippen LogP contribution in [-0.4, -0.2) is 34.2 Å². The summed E-state index contributed by atoms with van der Waals surface area (Å²) in [6.07, 6.45) is 6.41. The maximum Gasteiger partial charge on any atom is 0.0923 e. The fraction of sp³-hybridized carbons (Fsp3) is 0.750. The van der Waals surface area contributed by atoms with Gasteiger partial charge < -0.3 is 5.11 Å². The van der Waals surface area contributed by atoms with E-state index in [9.17, 15) is 5.11 Å². The molecule has 1 N–H and O–H groups in total. The lowest BCUT2D eigenvalue weighted by Gasteiger charge is -2.11. The summed E-state index contributed by atoms with van der Waals surface area (Å²) in [5.74, 6) is 0. The van der Waals surface area contributed by atoms with Gasteiger partial charge in [0.1, 0.15) is 0 Å². The monoisotopic (exact) mass is 137 g/mol. The molecule has 2 saturated heterocycles. The number of hydrogen-bond donors (Lipinski definition) is 1. The SMILES string of the molecule is O[C@@H]1C=C[C@@H]2N3CCC[C@]123. The van der Waals surface area contributed by atoms with Crippen LogP contribution in [0, 0.1) is 0 Å². The van der Waals surface area contributed by atoms with Crippen LogP contribution in [0.1, 0.15) is 12.8 Å². The lowest BCUT2D eigenvalue weighted by atomic mass is 9.99. The van der Waals surface area contributed by atoms with Gasteiger partial charge in [0.05, 0.1) is 11.6 Å². The minimum Gasteiger partial charge on any atom is -0.387 e. The number of rotatable bonds is 0. The Kier molecular flexibility index (Phi) is 0.701. The fourth-order valence-electron chi connectivity index (χ4n) is 2.74. The van der Waals surface area contributed by atoms with E-state index in [0.717, 1.165) is 0 Å². The second-order valence-electron chi connectivity index (χ2n) is 3.56. The van der Waals surface area contributed by atoms with Crippen molar-refractivity contribution in [3.8, 4) is 0 Å². The molecule has 0 radical (unpaired) electrons. The lowest BCUT2D eigenvalue weighted by Crippen LogP contribution is -2.27. The van der Waals surface area contributed by atoms with Gasteiger partial charge in [-0.15, -0.1) is 0 Å². The first kappa shape index (κ1) is 5.33. The quantitative estimate of drug-likeness (QED) is 0.379. The van der Waals surface area contributed by atoms with Crippen LogP contribution in [0.5, 0.6) is 0 Å². The van der Waals surface area contributed by atoms with Crippen LogP contribution in [-0.2, 0) is 0 Å². The highest BCUT2D eigenvalue weighted by Crippen LogP contribution is 2.56. The second-order valence-corrected chi connectivity index (χ2v) is 3.56. The van der Waals surface area contributed by atoms with Crippen LogP contribution in [0.2, 0.25) is 0 Å². The smallest absolute Gasteiger partial charge is 0.0923 e. The molecular weight excluding hydrogens is 126 g/mol. The molecule has 1 aliphatic carbocycles. The topological polar surface area (TPSA) is 23.2 Å². The largest absolute Gasteiger partial charge is 0.387 e. The van der Waals surface area contributed by atoms with E-state index in [-0.39, 0.29) is 11.6 Å². The molecule has 2 heterocycles. The molecule has 54 valence electrons. The summed E-state index contributed by atoms with van der Waals surface area (Å²) < 4.78 is 0. The molecule has 3 aliphatic rings. The molecule has 2 aliphatic heterocycles. The number of aliphatic hydroxyl groups excluding tert-OH is 1. The number of aliphatic hydroxyl groups is 1. The summed E-state index contributed by atoms with van der Waals surface area (Å²) in [4.78, 5) is 2.41. The second kappa shape index (κ2) is 1.31. The molecule has 2 heteroatoms. The third-order valence-electron chi connectivity index (χ3n) is 3.28. The highest BCUT2D eigenvalue weighted by atomic mass is 16.3. The van der Waals surface area contributed by atoms with Crippen LogP contribution in [0.25, 0.3) is 0 Å². The number of nitrogens with zero attached hydrogens (tertiary/aromatic N) is 1. The zero-order valence-electron chi connectivity index (χ0n) is 5.83. The van der Waals surface area contributed by atoms with Gasteiger partial charge in [-0.3, -0.25) is 4.90 Å². The highest BCUT2D eigenvalue weighted by Gasteiger charge is 2.69. The Hall–Kier alpha value is -0.340. The Morgan fingerprint density at radius 3 is 3.10 bits per heavy atom. The van der Waals surface area contributed by atoms with Crippen molar-refractivity contribution in [3.63, 3.8) is 0 Å². The standard InChI is InChI=1S/C8H11NO/c10-7-3-2-6-8(7)4-1-5-9(6)8/h2-3,6-7,10H,1,4-5H2/t6-,7+,8+,9?/m0/s1. The van der Waals surface area contributed by atoms with Crippen LogP contribution in [0.3, 0.4) is 0 Å². The molecule has 1 unspecified atom stereocenters. The Labute approximate surface area is 60.1 Å². The zero-order valence-corrected chi connectivity index (χ0v) is 5.83. The van der Waals surface area contributed by atoms with Crippen molar-refractivity contribution in [1.29, 1.82) is 0 Å². The first-order valence-corrected chi connectivity index (χ1v) is 3.99. The van der Waals surface area contributed by atoms with Gasteiger partial charge in [0.15, 0.2) is 0 Å². The van der Waals surface area contributed by atoms with Gasteiger partial charge in [0.25, 0.3) is 0 Å². The minimum atomic E-state index is -0.167. The average molecular weight is 137 g/mol. The van der Waals surface area contributed by atoms with Gasteiger partial charge in [-0.1, -0.05) is 12.2 Å². The van der Waals surface area contributed by atoms with Crippen molar-refractivity contribution in [2.75, 3.05) is 6.54 Å². The highest BCUT2D eigenvalue weighted by molar-refractivity contribution is 5.38. The molecule has 0 aromatic heterocycles. The molecule has 0 saturated carbocycles. The van der Waals surface area contributed by atoms with Crippen LogP contribution in [0.4, 0.5) is 0 Å². The predicted molar refractivity (Wildman–Crippen MR) is 37.6 cm³/mol. The van der Waals surface area contributed by atoms with Gasteiger partial charge in [0, 0.05) is 6.04 Å². The normalized spacial score (nSPS) is 62.3. The predicted octanol–water partition coefficient (Wildman–Crippen LogP) is 0.134.